The summed E-state index contributed by atoms with van der Waals surface area (Å²) in [5.41, 5.74) is 6.66. The van der Waals surface area contributed by atoms with Crippen LogP contribution in [0.1, 0.15) is 29.6 Å². The highest BCUT2D eigenvalue weighted by Crippen LogP contribution is 2.32. The van der Waals surface area contributed by atoms with Crippen LogP contribution >= 0.6 is 0 Å². The van der Waals surface area contributed by atoms with Gasteiger partial charge in [-0.3, -0.25) is 4.68 Å². The summed E-state index contributed by atoms with van der Waals surface area (Å²) < 4.78 is 24.2. The minimum Gasteiger partial charge on any atom is -0.492 e. The fourth-order valence-corrected chi connectivity index (χ4v) is 4.24. The van der Waals surface area contributed by atoms with Crippen molar-refractivity contribution in [1.82, 2.24) is 24.1 Å². The molecule has 1 N–H and O–H groups in total. The molecular formula is C26H32FN5O2. The van der Waals surface area contributed by atoms with E-state index in [9.17, 15) is 9.50 Å². The first-order valence-corrected chi connectivity index (χ1v) is 11.5. The molecule has 1 atom stereocenters. The zero-order valence-corrected chi connectivity index (χ0v) is 20.4. The maximum absolute atomic E-state index is 14.2. The summed E-state index contributed by atoms with van der Waals surface area (Å²) in [6.07, 6.45) is 4.53. The maximum atomic E-state index is 14.2. The molecule has 1 aromatic carbocycles. The predicted molar refractivity (Wildman–Crippen MR) is 131 cm³/mol. The molecule has 0 bridgehead atoms. The number of pyridine rings is 1. The van der Waals surface area contributed by atoms with E-state index in [2.05, 4.69) is 19.4 Å². The van der Waals surface area contributed by atoms with E-state index < -0.39 is 6.10 Å². The van der Waals surface area contributed by atoms with Crippen LogP contribution in [0, 0.1) is 12.7 Å². The Kier molecular flexibility index (Phi) is 7.00. The average molecular weight is 466 g/mol. The van der Waals surface area contributed by atoms with Gasteiger partial charge in [0.05, 0.1) is 30.3 Å². The normalized spacial score (nSPS) is 12.6. The molecule has 7 nitrogen and oxygen atoms in total. The molecule has 8 heteroatoms. The molecule has 0 saturated carbocycles. The second kappa shape index (κ2) is 9.95. The first-order chi connectivity index (χ1) is 16.2. The minimum atomic E-state index is -0.473. The van der Waals surface area contributed by atoms with E-state index in [1.165, 1.54) is 12.1 Å². The summed E-state index contributed by atoms with van der Waals surface area (Å²) in [5.74, 6) is 0.148. The summed E-state index contributed by atoms with van der Waals surface area (Å²) >= 11 is 0. The monoisotopic (exact) mass is 465 g/mol. The number of benzene rings is 1. The number of imidazole rings is 1. The Bertz CT molecular complexity index is 1290. The van der Waals surface area contributed by atoms with Crippen LogP contribution < -0.4 is 4.74 Å². The van der Waals surface area contributed by atoms with Crippen LogP contribution in [0.5, 0.6) is 5.75 Å². The SMILES string of the molecule is Cc1c(CCOc2cc(F)ccc2-c2ccc3ncc(CN(C)C)n3c2)c(CC(C)O)nn1C. The Balaban J connectivity index is 1.59. The fourth-order valence-electron chi connectivity index (χ4n) is 4.24. The van der Waals surface area contributed by atoms with Gasteiger partial charge in [0.2, 0.25) is 0 Å². The van der Waals surface area contributed by atoms with Gasteiger partial charge in [-0.15, -0.1) is 0 Å². The lowest BCUT2D eigenvalue weighted by Gasteiger charge is -2.14. The number of nitrogens with zero attached hydrogens (tertiary/aromatic N) is 5. The Morgan fingerprint density at radius 1 is 1.21 bits per heavy atom. The lowest BCUT2D eigenvalue weighted by atomic mass is 10.1. The molecule has 180 valence electrons. The lowest BCUT2D eigenvalue weighted by molar-refractivity contribution is 0.193. The summed E-state index contributed by atoms with van der Waals surface area (Å²) in [4.78, 5) is 6.58. The van der Waals surface area contributed by atoms with Gasteiger partial charge in [0.25, 0.3) is 0 Å². The molecule has 0 aliphatic heterocycles. The van der Waals surface area contributed by atoms with Crippen molar-refractivity contribution in [3.8, 4) is 16.9 Å². The Morgan fingerprint density at radius 2 is 2.00 bits per heavy atom. The number of hydrogen-bond acceptors (Lipinski definition) is 5. The molecule has 0 aliphatic carbocycles. The highest BCUT2D eigenvalue weighted by molar-refractivity contribution is 5.71. The summed E-state index contributed by atoms with van der Waals surface area (Å²) in [6, 6.07) is 8.58. The number of ether oxygens (including phenoxy) is 1. The lowest BCUT2D eigenvalue weighted by Crippen LogP contribution is -2.12. The third-order valence-electron chi connectivity index (χ3n) is 5.95. The van der Waals surface area contributed by atoms with Crippen molar-refractivity contribution in [2.45, 2.75) is 39.3 Å². The van der Waals surface area contributed by atoms with Gasteiger partial charge in [-0.2, -0.15) is 5.10 Å². The van der Waals surface area contributed by atoms with Crippen molar-refractivity contribution in [1.29, 1.82) is 0 Å². The van der Waals surface area contributed by atoms with Crippen molar-refractivity contribution < 1.29 is 14.2 Å². The predicted octanol–water partition coefficient (Wildman–Crippen LogP) is 3.79. The molecule has 34 heavy (non-hydrogen) atoms. The van der Waals surface area contributed by atoms with Crippen LogP contribution in [0.3, 0.4) is 0 Å². The molecule has 0 fully saturated rings. The molecule has 4 aromatic rings. The smallest absolute Gasteiger partial charge is 0.136 e. The van der Waals surface area contributed by atoms with Gasteiger partial charge < -0.3 is 19.1 Å². The quantitative estimate of drug-likeness (QED) is 0.407. The highest BCUT2D eigenvalue weighted by atomic mass is 19.1. The van der Waals surface area contributed by atoms with Crippen molar-refractivity contribution in [3.05, 3.63) is 71.2 Å². The zero-order valence-electron chi connectivity index (χ0n) is 20.4. The minimum absolute atomic E-state index is 0.344. The van der Waals surface area contributed by atoms with Crippen LogP contribution in [0.2, 0.25) is 0 Å². The molecule has 0 radical (unpaired) electrons. The number of aryl methyl sites for hydroxylation is 1. The first kappa shape index (κ1) is 23.9. The standard InChI is InChI=1S/C26H32FN5O2/c1-17(33)12-24-22(18(2)31(5)29-24)10-11-34-25-13-20(27)7-8-23(25)19-6-9-26-28-14-21(16-30(3)4)32(26)15-19/h6-9,13-15,17,33H,10-12,16H2,1-5H3. The molecule has 3 aromatic heterocycles. The Hall–Kier alpha value is -3.23. The van der Waals surface area contributed by atoms with E-state index in [4.69, 9.17) is 4.74 Å². The first-order valence-electron chi connectivity index (χ1n) is 11.5. The number of hydrogen-bond donors (Lipinski definition) is 1. The topological polar surface area (TPSA) is 67.8 Å². The second-order valence-corrected chi connectivity index (χ2v) is 9.06. The van der Waals surface area contributed by atoms with Gasteiger partial charge in [0.15, 0.2) is 0 Å². The summed E-state index contributed by atoms with van der Waals surface area (Å²) in [7, 11) is 5.93. The van der Waals surface area contributed by atoms with Crippen LogP contribution in [-0.4, -0.2) is 56.0 Å². The van der Waals surface area contributed by atoms with E-state index in [0.717, 1.165) is 46.0 Å². The van der Waals surface area contributed by atoms with Gasteiger partial charge >= 0.3 is 0 Å². The molecule has 1 unspecified atom stereocenters. The van der Waals surface area contributed by atoms with E-state index in [-0.39, 0.29) is 5.82 Å². The van der Waals surface area contributed by atoms with Crippen molar-refractivity contribution in [2.24, 2.45) is 7.05 Å². The molecule has 0 spiro atoms. The van der Waals surface area contributed by atoms with E-state index in [0.29, 0.717) is 25.2 Å². The number of aliphatic hydroxyl groups excluding tert-OH is 1. The van der Waals surface area contributed by atoms with Gasteiger partial charge in [-0.25, -0.2) is 9.37 Å². The molecular weight excluding hydrogens is 433 g/mol. The maximum Gasteiger partial charge on any atom is 0.136 e. The molecule has 0 amide bonds. The van der Waals surface area contributed by atoms with Crippen LogP contribution in [-0.2, 0) is 26.4 Å². The van der Waals surface area contributed by atoms with Gasteiger partial charge in [0.1, 0.15) is 17.2 Å². The van der Waals surface area contributed by atoms with Crippen molar-refractivity contribution in [2.75, 3.05) is 20.7 Å². The number of halogens is 1. The largest absolute Gasteiger partial charge is 0.492 e. The van der Waals surface area contributed by atoms with E-state index >= 15 is 0 Å². The third kappa shape index (κ3) is 5.13. The molecule has 3 heterocycles. The second-order valence-electron chi connectivity index (χ2n) is 9.06. The number of aromatic nitrogens is 4. The molecule has 0 saturated heterocycles. The van der Waals surface area contributed by atoms with Gasteiger partial charge in [0, 0.05) is 55.5 Å². The molecule has 0 aliphatic rings. The summed E-state index contributed by atoms with van der Waals surface area (Å²) in [5, 5.41) is 14.4. The van der Waals surface area contributed by atoms with Crippen LogP contribution in [0.25, 0.3) is 16.8 Å². The number of fused-ring (bicyclic) bond motifs is 1. The zero-order chi connectivity index (χ0) is 24.4. The van der Waals surface area contributed by atoms with E-state index in [1.807, 2.05) is 57.3 Å². The average Bonchev–Trinajstić information content (AvgIpc) is 3.28. The Morgan fingerprint density at radius 3 is 2.74 bits per heavy atom. The van der Waals surface area contributed by atoms with Gasteiger partial charge in [-0.1, -0.05) is 0 Å². The van der Waals surface area contributed by atoms with Crippen LogP contribution in [0.4, 0.5) is 4.39 Å². The molecule has 4 rings (SSSR count). The highest BCUT2D eigenvalue weighted by Gasteiger charge is 2.16. The van der Waals surface area contributed by atoms with Gasteiger partial charge in [-0.05, 0) is 57.8 Å². The third-order valence-corrected chi connectivity index (χ3v) is 5.95. The summed E-state index contributed by atoms with van der Waals surface area (Å²) in [6.45, 7) is 4.89. The van der Waals surface area contributed by atoms with E-state index in [1.54, 1.807) is 13.0 Å². The Labute approximate surface area is 199 Å². The van der Waals surface area contributed by atoms with Crippen molar-refractivity contribution >= 4 is 5.65 Å². The van der Waals surface area contributed by atoms with Crippen LogP contribution in [0.15, 0.2) is 42.7 Å². The number of rotatable bonds is 9. The fraction of sp³-hybridized carbons (Fsp3) is 0.385. The van der Waals surface area contributed by atoms with Crippen molar-refractivity contribution in [3.63, 3.8) is 0 Å². The number of aliphatic hydroxyl groups is 1.